The van der Waals surface area contributed by atoms with Crippen LogP contribution in [0.2, 0.25) is 5.02 Å². The highest BCUT2D eigenvalue weighted by molar-refractivity contribution is 6.31. The molecule has 100 valence electrons. The molecule has 1 aliphatic rings. The second-order valence-corrected chi connectivity index (χ2v) is 5.45. The van der Waals surface area contributed by atoms with E-state index in [2.05, 4.69) is 25.2 Å². The summed E-state index contributed by atoms with van der Waals surface area (Å²) in [6.07, 6.45) is 3.91. The number of nitrogens with one attached hydrogen (secondary N) is 1. The molecule has 0 bridgehead atoms. The molecular formula is C15H22ClNO. The van der Waals surface area contributed by atoms with Crippen molar-refractivity contribution in [2.24, 2.45) is 0 Å². The molecule has 3 heteroatoms. The van der Waals surface area contributed by atoms with Crippen LogP contribution in [0.25, 0.3) is 0 Å². The Labute approximate surface area is 115 Å². The van der Waals surface area contributed by atoms with Crippen molar-refractivity contribution in [1.29, 1.82) is 0 Å². The topological polar surface area (TPSA) is 21.3 Å². The van der Waals surface area contributed by atoms with Gasteiger partial charge in [0.1, 0.15) is 0 Å². The molecule has 1 aliphatic carbocycles. The van der Waals surface area contributed by atoms with E-state index in [9.17, 15) is 0 Å². The molecule has 1 saturated carbocycles. The van der Waals surface area contributed by atoms with Gasteiger partial charge in [0.25, 0.3) is 0 Å². The van der Waals surface area contributed by atoms with E-state index in [1.165, 1.54) is 12.8 Å². The summed E-state index contributed by atoms with van der Waals surface area (Å²) in [5, 5.41) is 4.32. The van der Waals surface area contributed by atoms with Crippen LogP contribution in [0.4, 0.5) is 0 Å². The van der Waals surface area contributed by atoms with E-state index in [1.54, 1.807) is 0 Å². The largest absolute Gasteiger partial charge is 0.369 e. The molecule has 0 heterocycles. The van der Waals surface area contributed by atoms with Crippen molar-refractivity contribution in [3.63, 3.8) is 0 Å². The molecule has 0 spiro atoms. The van der Waals surface area contributed by atoms with Gasteiger partial charge in [0.05, 0.1) is 12.2 Å². The number of rotatable bonds is 7. The fourth-order valence-electron chi connectivity index (χ4n) is 1.91. The first-order valence-corrected chi connectivity index (χ1v) is 7.21. The van der Waals surface area contributed by atoms with Crippen LogP contribution in [0.5, 0.6) is 0 Å². The lowest BCUT2D eigenvalue weighted by Crippen LogP contribution is -2.27. The third kappa shape index (κ3) is 3.98. The Hall–Kier alpha value is -0.570. The lowest BCUT2D eigenvalue weighted by Gasteiger charge is -2.23. The molecular weight excluding hydrogens is 246 g/mol. The fourth-order valence-corrected chi connectivity index (χ4v) is 2.16. The first-order chi connectivity index (χ1) is 8.70. The highest BCUT2D eigenvalue weighted by Gasteiger charge is 2.24. The third-order valence-electron chi connectivity index (χ3n) is 3.39. The molecule has 2 unspecified atom stereocenters. The maximum atomic E-state index is 6.27. The average molecular weight is 268 g/mol. The van der Waals surface area contributed by atoms with Crippen molar-refractivity contribution in [3.8, 4) is 0 Å². The van der Waals surface area contributed by atoms with E-state index in [0.29, 0.717) is 6.04 Å². The molecule has 2 rings (SSSR count). The van der Waals surface area contributed by atoms with E-state index in [4.69, 9.17) is 16.3 Å². The summed E-state index contributed by atoms with van der Waals surface area (Å²) in [7, 11) is 0. The predicted octanol–water partition coefficient (Wildman–Crippen LogP) is 3.95. The van der Waals surface area contributed by atoms with Gasteiger partial charge in [-0.25, -0.2) is 0 Å². The number of hydrogen-bond acceptors (Lipinski definition) is 2. The van der Waals surface area contributed by atoms with Gasteiger partial charge in [-0.05, 0) is 32.3 Å². The minimum absolute atomic E-state index is 0.0502. The van der Waals surface area contributed by atoms with Crippen LogP contribution < -0.4 is 5.32 Å². The summed E-state index contributed by atoms with van der Waals surface area (Å²) in [5.74, 6) is 0. The minimum atomic E-state index is 0.0502. The van der Waals surface area contributed by atoms with Gasteiger partial charge in [0.2, 0.25) is 0 Å². The van der Waals surface area contributed by atoms with Crippen LogP contribution in [0.15, 0.2) is 24.3 Å². The molecule has 1 fully saturated rings. The minimum Gasteiger partial charge on any atom is -0.369 e. The predicted molar refractivity (Wildman–Crippen MR) is 76.1 cm³/mol. The third-order valence-corrected chi connectivity index (χ3v) is 3.74. The van der Waals surface area contributed by atoms with E-state index in [-0.39, 0.29) is 12.2 Å². The van der Waals surface area contributed by atoms with Gasteiger partial charge in [-0.15, -0.1) is 0 Å². The molecule has 0 saturated heterocycles. The lowest BCUT2D eigenvalue weighted by atomic mass is 10.1. The van der Waals surface area contributed by atoms with Crippen molar-refractivity contribution in [2.75, 3.05) is 6.54 Å². The van der Waals surface area contributed by atoms with Crippen LogP contribution >= 0.6 is 11.6 Å². The standard InChI is InChI=1S/C15H22ClNO/c1-3-11(2)18-15(10-17-12-8-9-12)13-6-4-5-7-14(13)16/h4-7,11-12,15,17H,3,8-10H2,1-2H3. The van der Waals surface area contributed by atoms with Crippen molar-refractivity contribution in [3.05, 3.63) is 34.9 Å². The quantitative estimate of drug-likeness (QED) is 0.808. The monoisotopic (exact) mass is 267 g/mol. The average Bonchev–Trinajstić information content (AvgIpc) is 3.19. The molecule has 2 atom stereocenters. The Kier molecular flexibility index (Phi) is 5.04. The molecule has 1 aromatic rings. The maximum Gasteiger partial charge on any atom is 0.0967 e. The van der Waals surface area contributed by atoms with Crippen LogP contribution in [0, 0.1) is 0 Å². The Balaban J connectivity index is 2.04. The summed E-state index contributed by atoms with van der Waals surface area (Å²) < 4.78 is 6.10. The van der Waals surface area contributed by atoms with Gasteiger partial charge in [0, 0.05) is 23.2 Å². The van der Waals surface area contributed by atoms with E-state index >= 15 is 0 Å². The van der Waals surface area contributed by atoms with Crippen molar-refractivity contribution in [2.45, 2.75) is 51.4 Å². The zero-order valence-electron chi connectivity index (χ0n) is 11.2. The fraction of sp³-hybridized carbons (Fsp3) is 0.600. The smallest absolute Gasteiger partial charge is 0.0967 e. The summed E-state index contributed by atoms with van der Waals surface area (Å²) in [4.78, 5) is 0. The van der Waals surface area contributed by atoms with Gasteiger partial charge < -0.3 is 10.1 Å². The number of halogens is 1. The molecule has 0 amide bonds. The zero-order chi connectivity index (χ0) is 13.0. The Morgan fingerprint density at radius 3 is 2.72 bits per heavy atom. The van der Waals surface area contributed by atoms with Crippen LogP contribution in [0.1, 0.15) is 44.8 Å². The first-order valence-electron chi connectivity index (χ1n) is 6.84. The molecule has 2 nitrogen and oxygen atoms in total. The molecule has 0 aromatic heterocycles. The second kappa shape index (κ2) is 6.55. The van der Waals surface area contributed by atoms with E-state index in [1.807, 2.05) is 18.2 Å². The van der Waals surface area contributed by atoms with Crippen molar-refractivity contribution in [1.82, 2.24) is 5.32 Å². The first kappa shape index (κ1) is 13.9. The van der Waals surface area contributed by atoms with Gasteiger partial charge in [0.15, 0.2) is 0 Å². The number of benzene rings is 1. The van der Waals surface area contributed by atoms with Crippen molar-refractivity contribution < 1.29 is 4.74 Å². The molecule has 18 heavy (non-hydrogen) atoms. The molecule has 1 aromatic carbocycles. The normalized spacial score (nSPS) is 18.6. The van der Waals surface area contributed by atoms with Crippen LogP contribution in [-0.4, -0.2) is 18.7 Å². The lowest BCUT2D eigenvalue weighted by molar-refractivity contribution is -0.00464. The Morgan fingerprint density at radius 1 is 1.39 bits per heavy atom. The highest BCUT2D eigenvalue weighted by Crippen LogP contribution is 2.28. The van der Waals surface area contributed by atoms with Gasteiger partial charge in [-0.3, -0.25) is 0 Å². The van der Waals surface area contributed by atoms with Gasteiger partial charge in [-0.2, -0.15) is 0 Å². The maximum absolute atomic E-state index is 6.27. The van der Waals surface area contributed by atoms with E-state index < -0.39 is 0 Å². The zero-order valence-corrected chi connectivity index (χ0v) is 11.9. The summed E-state index contributed by atoms with van der Waals surface area (Å²) >= 11 is 6.27. The van der Waals surface area contributed by atoms with Gasteiger partial charge >= 0.3 is 0 Å². The van der Waals surface area contributed by atoms with Crippen molar-refractivity contribution >= 4 is 11.6 Å². The molecule has 0 aliphatic heterocycles. The van der Waals surface area contributed by atoms with Crippen LogP contribution in [0.3, 0.4) is 0 Å². The highest BCUT2D eigenvalue weighted by atomic mass is 35.5. The summed E-state index contributed by atoms with van der Waals surface area (Å²) in [6.45, 7) is 5.10. The molecule has 1 N–H and O–H groups in total. The number of ether oxygens (including phenoxy) is 1. The Bertz CT molecular complexity index is 379. The van der Waals surface area contributed by atoms with E-state index in [0.717, 1.165) is 23.6 Å². The second-order valence-electron chi connectivity index (χ2n) is 5.05. The Morgan fingerprint density at radius 2 is 2.11 bits per heavy atom. The van der Waals surface area contributed by atoms with Crippen LogP contribution in [-0.2, 0) is 4.74 Å². The van der Waals surface area contributed by atoms with Gasteiger partial charge in [-0.1, -0.05) is 36.7 Å². The number of hydrogen-bond donors (Lipinski definition) is 1. The molecule has 0 radical (unpaired) electrons. The summed E-state index contributed by atoms with van der Waals surface area (Å²) in [5.41, 5.74) is 1.09. The SMILES string of the molecule is CCC(C)OC(CNC1CC1)c1ccccc1Cl. The summed E-state index contributed by atoms with van der Waals surface area (Å²) in [6, 6.07) is 8.66.